The van der Waals surface area contributed by atoms with Gasteiger partial charge < -0.3 is 33.2 Å². The summed E-state index contributed by atoms with van der Waals surface area (Å²) in [6, 6.07) is 24.4. The summed E-state index contributed by atoms with van der Waals surface area (Å²) >= 11 is 0. The van der Waals surface area contributed by atoms with E-state index in [-0.39, 0.29) is 48.4 Å². The normalized spacial score (nSPS) is 10.1. The highest BCUT2D eigenvalue weighted by Gasteiger charge is 2.21. The predicted molar refractivity (Wildman–Crippen MR) is 168 cm³/mol. The van der Waals surface area contributed by atoms with E-state index in [0.29, 0.717) is 11.5 Å². The maximum Gasteiger partial charge on any atom is 0.343 e. The van der Waals surface area contributed by atoms with Crippen molar-refractivity contribution in [3.05, 3.63) is 145 Å². The molecule has 0 aromatic heterocycles. The zero-order valence-corrected chi connectivity index (χ0v) is 25.3. The largest absolute Gasteiger partial charge is 0.457 e. The third kappa shape index (κ3) is 10.2. The van der Waals surface area contributed by atoms with E-state index in [0.717, 1.165) is 17.7 Å². The second-order valence-corrected chi connectivity index (χ2v) is 9.41. The molecule has 4 aromatic rings. The van der Waals surface area contributed by atoms with Gasteiger partial charge in [-0.05, 0) is 72.3 Å². The fourth-order valence-electron chi connectivity index (χ4n) is 3.75. The molecule has 0 unspecified atom stereocenters. The first-order chi connectivity index (χ1) is 23.2. The van der Waals surface area contributed by atoms with Gasteiger partial charge in [0, 0.05) is 12.2 Å². The zero-order valence-electron chi connectivity index (χ0n) is 25.3. The number of benzene rings is 4. The first-order valence-corrected chi connectivity index (χ1v) is 14.1. The second-order valence-electron chi connectivity index (χ2n) is 9.41. The van der Waals surface area contributed by atoms with Gasteiger partial charge in [-0.15, -0.1) is 0 Å². The van der Waals surface area contributed by atoms with E-state index in [2.05, 4.69) is 13.2 Å². The molecule has 4 aromatic carbocycles. The summed E-state index contributed by atoms with van der Waals surface area (Å²) in [6.45, 7) is 5.81. The smallest absolute Gasteiger partial charge is 0.343 e. The molecule has 0 radical (unpaired) electrons. The van der Waals surface area contributed by atoms with Crippen molar-refractivity contribution in [2.45, 2.75) is 6.61 Å². The highest BCUT2D eigenvalue weighted by molar-refractivity contribution is 5.97. The van der Waals surface area contributed by atoms with Gasteiger partial charge in [-0.3, -0.25) is 0 Å². The van der Waals surface area contributed by atoms with E-state index in [4.69, 9.17) is 33.2 Å². The van der Waals surface area contributed by atoms with Gasteiger partial charge in [0.25, 0.3) is 0 Å². The van der Waals surface area contributed by atoms with E-state index in [1.54, 1.807) is 24.3 Å². The van der Waals surface area contributed by atoms with Gasteiger partial charge >= 0.3 is 29.8 Å². The fraction of sp³-hybridized carbons (Fsp3) is 0.0833. The molecule has 0 aliphatic rings. The van der Waals surface area contributed by atoms with Crippen LogP contribution in [0.3, 0.4) is 0 Å². The van der Waals surface area contributed by atoms with E-state index >= 15 is 0 Å². The molecular formula is C36H28O12. The summed E-state index contributed by atoms with van der Waals surface area (Å²) in [5.41, 5.74) is 0.822. The molecule has 4 rings (SSSR count). The third-order valence-electron chi connectivity index (χ3n) is 6.16. The SMILES string of the molecule is C=CC(=O)OCOc1ccc(C(=O)Oc2ccc(OC(=O)c3ccc(OCOC(=O)C=C)cc3)c(C(=O)OCc3ccccc3)c2)cc1. The number of hydrogen-bond acceptors (Lipinski definition) is 12. The minimum absolute atomic E-state index is 0.0261. The Morgan fingerprint density at radius 3 is 1.56 bits per heavy atom. The maximum absolute atomic E-state index is 13.2. The number of rotatable bonds is 15. The maximum atomic E-state index is 13.2. The number of carbonyl (C=O) groups is 5. The quantitative estimate of drug-likeness (QED) is 0.0516. The molecule has 12 nitrogen and oxygen atoms in total. The van der Waals surface area contributed by atoms with Crippen LogP contribution in [0.1, 0.15) is 36.6 Å². The van der Waals surface area contributed by atoms with Crippen LogP contribution in [0.15, 0.2) is 122 Å². The Bertz CT molecular complexity index is 1780. The minimum Gasteiger partial charge on any atom is -0.457 e. The Hall–Kier alpha value is -6.69. The number of ether oxygens (including phenoxy) is 7. The van der Waals surface area contributed by atoms with Crippen LogP contribution in [0.5, 0.6) is 23.0 Å². The van der Waals surface area contributed by atoms with Crippen LogP contribution in [-0.2, 0) is 30.4 Å². The van der Waals surface area contributed by atoms with Crippen LogP contribution in [0.25, 0.3) is 0 Å². The van der Waals surface area contributed by atoms with Crippen LogP contribution in [0, 0.1) is 0 Å². The molecule has 0 fully saturated rings. The fourth-order valence-corrected chi connectivity index (χ4v) is 3.75. The van der Waals surface area contributed by atoms with E-state index in [1.807, 2.05) is 6.07 Å². The van der Waals surface area contributed by atoms with Gasteiger partial charge in [-0.2, -0.15) is 0 Å². The molecule has 0 N–H and O–H groups in total. The van der Waals surface area contributed by atoms with Crippen LogP contribution in [0.2, 0.25) is 0 Å². The molecule has 0 aliphatic heterocycles. The molecule has 0 saturated carbocycles. The molecule has 0 bridgehead atoms. The molecule has 0 heterocycles. The molecule has 48 heavy (non-hydrogen) atoms. The van der Waals surface area contributed by atoms with Crippen molar-refractivity contribution >= 4 is 29.8 Å². The Morgan fingerprint density at radius 2 is 1.04 bits per heavy atom. The molecule has 244 valence electrons. The van der Waals surface area contributed by atoms with Crippen molar-refractivity contribution in [1.82, 2.24) is 0 Å². The minimum atomic E-state index is -0.837. The van der Waals surface area contributed by atoms with Gasteiger partial charge in [0.2, 0.25) is 13.6 Å². The van der Waals surface area contributed by atoms with E-state index in [1.165, 1.54) is 66.7 Å². The molecule has 0 aliphatic carbocycles. The summed E-state index contributed by atoms with van der Waals surface area (Å²) in [4.78, 5) is 61.3. The van der Waals surface area contributed by atoms with Gasteiger partial charge in [0.05, 0.1) is 11.1 Å². The highest BCUT2D eigenvalue weighted by atomic mass is 16.7. The van der Waals surface area contributed by atoms with E-state index in [9.17, 15) is 24.0 Å². The molecule has 0 atom stereocenters. The Kier molecular flexibility index (Phi) is 12.2. The summed E-state index contributed by atoms with van der Waals surface area (Å²) < 4.78 is 36.5. The number of carbonyl (C=O) groups excluding carboxylic acids is 5. The average molecular weight is 653 g/mol. The lowest BCUT2D eigenvalue weighted by atomic mass is 10.1. The van der Waals surface area contributed by atoms with Crippen LogP contribution in [0.4, 0.5) is 0 Å². The lowest BCUT2D eigenvalue weighted by Gasteiger charge is -2.13. The van der Waals surface area contributed by atoms with Gasteiger partial charge in [0.1, 0.15) is 35.2 Å². The van der Waals surface area contributed by atoms with Crippen molar-refractivity contribution in [2.75, 3.05) is 13.6 Å². The Morgan fingerprint density at radius 1 is 0.542 bits per heavy atom. The van der Waals surface area contributed by atoms with Gasteiger partial charge in [-0.1, -0.05) is 43.5 Å². The van der Waals surface area contributed by atoms with Crippen molar-refractivity contribution in [3.8, 4) is 23.0 Å². The summed E-state index contributed by atoms with van der Waals surface area (Å²) in [5.74, 6) is -3.22. The van der Waals surface area contributed by atoms with Gasteiger partial charge in [-0.25, -0.2) is 24.0 Å². The molecule has 0 spiro atoms. The molecule has 0 amide bonds. The molecule has 12 heteroatoms. The topological polar surface area (TPSA) is 150 Å². The van der Waals surface area contributed by atoms with Gasteiger partial charge in [0.15, 0.2) is 0 Å². The van der Waals surface area contributed by atoms with E-state index < -0.39 is 29.8 Å². The lowest BCUT2D eigenvalue weighted by molar-refractivity contribution is -0.145. The third-order valence-corrected chi connectivity index (χ3v) is 6.16. The molecule has 0 saturated heterocycles. The molecular weight excluding hydrogens is 624 g/mol. The zero-order chi connectivity index (χ0) is 34.3. The summed E-state index contributed by atoms with van der Waals surface area (Å²) in [5, 5.41) is 0. The predicted octanol–water partition coefficient (Wildman–Crippen LogP) is 5.61. The van der Waals surface area contributed by atoms with Crippen molar-refractivity contribution < 1.29 is 57.1 Å². The van der Waals surface area contributed by atoms with Crippen molar-refractivity contribution in [3.63, 3.8) is 0 Å². The lowest BCUT2D eigenvalue weighted by Crippen LogP contribution is -2.14. The van der Waals surface area contributed by atoms with Crippen LogP contribution < -0.4 is 18.9 Å². The Labute approximate surface area is 274 Å². The standard InChI is InChI=1S/C36H28O12/c1-3-32(37)45-22-43-27-14-10-25(11-15-27)34(39)47-29-18-19-31(30(20-29)36(41)42-21-24-8-6-5-7-9-24)48-35(40)26-12-16-28(17-13-26)44-23-46-33(38)4-2/h3-20H,1-2,21-23H2. The van der Waals surface area contributed by atoms with Crippen molar-refractivity contribution in [2.24, 2.45) is 0 Å². The average Bonchev–Trinajstić information content (AvgIpc) is 3.11. The Balaban J connectivity index is 1.46. The number of hydrogen-bond donors (Lipinski definition) is 0. The number of esters is 5. The summed E-state index contributed by atoms with van der Waals surface area (Å²) in [6.07, 6.45) is 1.99. The van der Waals surface area contributed by atoms with Crippen LogP contribution >= 0.6 is 0 Å². The second kappa shape index (κ2) is 17.1. The first-order valence-electron chi connectivity index (χ1n) is 14.1. The van der Waals surface area contributed by atoms with Crippen LogP contribution in [-0.4, -0.2) is 43.4 Å². The monoisotopic (exact) mass is 652 g/mol. The summed E-state index contributed by atoms with van der Waals surface area (Å²) in [7, 11) is 0. The first kappa shape index (κ1) is 34.2. The van der Waals surface area contributed by atoms with Crippen molar-refractivity contribution in [1.29, 1.82) is 0 Å². The highest BCUT2D eigenvalue weighted by Crippen LogP contribution is 2.28.